The van der Waals surface area contributed by atoms with Gasteiger partial charge >= 0.3 is 11.9 Å². The lowest BCUT2D eigenvalue weighted by molar-refractivity contribution is -0.200. The third kappa shape index (κ3) is 2.72. The highest BCUT2D eigenvalue weighted by molar-refractivity contribution is 5.75. The molecule has 0 aromatic carbocycles. The number of halogens is 2. The average molecular weight is 251 g/mol. The van der Waals surface area contributed by atoms with E-state index in [0.29, 0.717) is 32.6 Å². The van der Waals surface area contributed by atoms with Crippen molar-refractivity contribution in [1.29, 1.82) is 0 Å². The first-order chi connectivity index (χ1) is 7.94. The number of alkyl halides is 2. The summed E-state index contributed by atoms with van der Waals surface area (Å²) in [6, 6.07) is 0. The molecule has 0 atom stereocenters. The predicted octanol–water partition coefficient (Wildman–Crippen LogP) is 0.545. The number of carboxylic acid groups (broad SMARTS) is 1. The lowest BCUT2D eigenvalue weighted by Crippen LogP contribution is -2.53. The molecule has 0 aromatic heterocycles. The molecule has 0 radical (unpaired) electrons. The van der Waals surface area contributed by atoms with Crippen molar-refractivity contribution in [1.82, 2.24) is 4.90 Å². The molecule has 0 bridgehead atoms. The molecule has 2 rings (SSSR count). The van der Waals surface area contributed by atoms with Crippen LogP contribution in [0.3, 0.4) is 0 Å². The van der Waals surface area contributed by atoms with Gasteiger partial charge < -0.3 is 14.6 Å². The molecule has 0 aliphatic carbocycles. The Balaban J connectivity index is 1.96. The van der Waals surface area contributed by atoms with Crippen LogP contribution in [-0.2, 0) is 14.3 Å². The topological polar surface area (TPSA) is 59.0 Å². The van der Waals surface area contributed by atoms with Gasteiger partial charge in [-0.15, -0.1) is 0 Å². The summed E-state index contributed by atoms with van der Waals surface area (Å²) in [7, 11) is 0. The van der Waals surface area contributed by atoms with E-state index < -0.39 is 24.2 Å². The summed E-state index contributed by atoms with van der Waals surface area (Å²) < 4.78 is 37.0. The van der Waals surface area contributed by atoms with Crippen LogP contribution in [0.25, 0.3) is 0 Å². The van der Waals surface area contributed by atoms with E-state index in [4.69, 9.17) is 14.6 Å². The lowest BCUT2D eigenvalue weighted by Gasteiger charge is -2.39. The highest BCUT2D eigenvalue weighted by atomic mass is 19.3. The predicted molar refractivity (Wildman–Crippen MR) is 52.9 cm³/mol. The number of piperidine rings is 1. The standard InChI is InChI=1S/C10H15F2NO4/c11-10(12,8(14)15)7-13-3-1-2-9(6-13)16-4-5-17-9/h1-7H2,(H,14,15). The van der Waals surface area contributed by atoms with Crippen LogP contribution < -0.4 is 0 Å². The minimum Gasteiger partial charge on any atom is -0.477 e. The first kappa shape index (κ1) is 12.7. The molecule has 0 saturated carbocycles. The van der Waals surface area contributed by atoms with Gasteiger partial charge in [0, 0.05) is 6.42 Å². The maximum Gasteiger partial charge on any atom is 0.375 e. The molecule has 0 amide bonds. The summed E-state index contributed by atoms with van der Waals surface area (Å²) in [5, 5.41) is 8.39. The number of carboxylic acids is 1. The quantitative estimate of drug-likeness (QED) is 0.793. The zero-order valence-corrected chi connectivity index (χ0v) is 9.32. The molecule has 0 aromatic rings. The van der Waals surface area contributed by atoms with Crippen LogP contribution in [0, 0.1) is 0 Å². The van der Waals surface area contributed by atoms with Crippen LogP contribution in [0.4, 0.5) is 8.78 Å². The Morgan fingerprint density at radius 2 is 2.06 bits per heavy atom. The summed E-state index contributed by atoms with van der Waals surface area (Å²) >= 11 is 0. The van der Waals surface area contributed by atoms with Gasteiger partial charge in [0.15, 0.2) is 5.79 Å². The van der Waals surface area contributed by atoms with Crippen LogP contribution in [0.2, 0.25) is 0 Å². The van der Waals surface area contributed by atoms with Gasteiger partial charge in [-0.2, -0.15) is 8.78 Å². The van der Waals surface area contributed by atoms with E-state index >= 15 is 0 Å². The second-order valence-electron chi connectivity index (χ2n) is 4.43. The molecule has 2 heterocycles. The van der Waals surface area contributed by atoms with Crippen LogP contribution in [0.5, 0.6) is 0 Å². The molecule has 0 unspecified atom stereocenters. The first-order valence-electron chi connectivity index (χ1n) is 5.55. The average Bonchev–Trinajstić information content (AvgIpc) is 2.65. The molecule has 17 heavy (non-hydrogen) atoms. The fraction of sp³-hybridized carbons (Fsp3) is 0.900. The maximum atomic E-state index is 13.1. The smallest absolute Gasteiger partial charge is 0.375 e. The highest BCUT2D eigenvalue weighted by Gasteiger charge is 2.46. The van der Waals surface area contributed by atoms with Gasteiger partial charge in [-0.05, 0) is 13.0 Å². The van der Waals surface area contributed by atoms with Gasteiger partial charge in [0.1, 0.15) is 0 Å². The summed E-state index contributed by atoms with van der Waals surface area (Å²) in [5.41, 5.74) is 0. The van der Waals surface area contributed by atoms with Crippen molar-refractivity contribution in [2.45, 2.75) is 24.6 Å². The van der Waals surface area contributed by atoms with Crippen LogP contribution in [0.1, 0.15) is 12.8 Å². The Bertz CT molecular complexity index is 305. The summed E-state index contributed by atoms with van der Waals surface area (Å²) in [4.78, 5) is 11.8. The molecule has 98 valence electrons. The Kier molecular flexibility index (Phi) is 3.33. The zero-order valence-electron chi connectivity index (χ0n) is 9.32. The molecule has 2 aliphatic rings. The van der Waals surface area contributed by atoms with Gasteiger partial charge in [0.2, 0.25) is 0 Å². The molecule has 5 nitrogen and oxygen atoms in total. The number of rotatable bonds is 3. The van der Waals surface area contributed by atoms with E-state index in [0.717, 1.165) is 0 Å². The van der Waals surface area contributed by atoms with Gasteiger partial charge in [0.25, 0.3) is 0 Å². The summed E-state index contributed by atoms with van der Waals surface area (Å²) in [6.45, 7) is 0.774. The number of nitrogens with zero attached hydrogens (tertiary/aromatic N) is 1. The molecule has 2 saturated heterocycles. The Morgan fingerprint density at radius 1 is 1.41 bits per heavy atom. The van der Waals surface area contributed by atoms with Gasteiger partial charge in [0.05, 0.1) is 26.3 Å². The molecule has 1 spiro atoms. The van der Waals surface area contributed by atoms with Crippen molar-refractivity contribution in [2.24, 2.45) is 0 Å². The lowest BCUT2D eigenvalue weighted by atomic mass is 10.0. The Morgan fingerprint density at radius 3 is 2.65 bits per heavy atom. The zero-order chi connectivity index (χ0) is 12.5. The van der Waals surface area contributed by atoms with Crippen molar-refractivity contribution < 1.29 is 28.2 Å². The van der Waals surface area contributed by atoms with E-state index in [1.54, 1.807) is 0 Å². The molecule has 2 aliphatic heterocycles. The second-order valence-corrected chi connectivity index (χ2v) is 4.43. The van der Waals surface area contributed by atoms with Crippen LogP contribution in [0.15, 0.2) is 0 Å². The van der Waals surface area contributed by atoms with Gasteiger partial charge in [-0.25, -0.2) is 4.79 Å². The Labute approximate surface area is 97.3 Å². The summed E-state index contributed by atoms with van der Waals surface area (Å²) in [5.74, 6) is -6.62. The molecule has 2 fully saturated rings. The number of ether oxygens (including phenoxy) is 2. The third-order valence-corrected chi connectivity index (χ3v) is 3.05. The number of carbonyl (C=O) groups is 1. The van der Waals surface area contributed by atoms with Crippen molar-refractivity contribution in [3.05, 3.63) is 0 Å². The van der Waals surface area contributed by atoms with Crippen molar-refractivity contribution in [3.63, 3.8) is 0 Å². The van der Waals surface area contributed by atoms with Crippen molar-refractivity contribution in [3.8, 4) is 0 Å². The number of hydrogen-bond donors (Lipinski definition) is 1. The van der Waals surface area contributed by atoms with E-state index in [9.17, 15) is 13.6 Å². The Hall–Kier alpha value is -0.790. The molecule has 1 N–H and O–H groups in total. The maximum absolute atomic E-state index is 13.1. The van der Waals surface area contributed by atoms with Gasteiger partial charge in [-0.3, -0.25) is 4.90 Å². The van der Waals surface area contributed by atoms with Crippen molar-refractivity contribution in [2.75, 3.05) is 32.8 Å². The summed E-state index contributed by atoms with van der Waals surface area (Å²) in [6.07, 6.45) is 1.33. The molecular weight excluding hydrogens is 236 g/mol. The monoisotopic (exact) mass is 251 g/mol. The third-order valence-electron chi connectivity index (χ3n) is 3.05. The fourth-order valence-corrected chi connectivity index (χ4v) is 2.29. The fourth-order valence-electron chi connectivity index (χ4n) is 2.29. The molecular formula is C10H15F2NO4. The minimum absolute atomic E-state index is 0.204. The van der Waals surface area contributed by atoms with E-state index in [1.165, 1.54) is 4.90 Å². The van der Waals surface area contributed by atoms with E-state index in [2.05, 4.69) is 0 Å². The normalized spacial score (nSPS) is 25.3. The van der Waals surface area contributed by atoms with Gasteiger partial charge in [-0.1, -0.05) is 0 Å². The van der Waals surface area contributed by atoms with Crippen molar-refractivity contribution >= 4 is 5.97 Å². The molecule has 7 heteroatoms. The number of hydrogen-bond acceptors (Lipinski definition) is 4. The van der Waals surface area contributed by atoms with Crippen LogP contribution in [-0.4, -0.2) is 60.5 Å². The highest BCUT2D eigenvalue weighted by Crippen LogP contribution is 2.31. The minimum atomic E-state index is -3.73. The van der Waals surface area contributed by atoms with E-state index in [-0.39, 0.29) is 6.54 Å². The number of aliphatic carboxylic acids is 1. The second kappa shape index (κ2) is 4.47. The largest absolute Gasteiger partial charge is 0.477 e. The van der Waals surface area contributed by atoms with E-state index in [1.807, 2.05) is 0 Å². The SMILES string of the molecule is O=C(O)C(F)(F)CN1CCCC2(C1)OCCO2. The van der Waals surface area contributed by atoms with Crippen LogP contribution >= 0.6 is 0 Å². The number of likely N-dealkylation sites (tertiary alicyclic amines) is 1. The first-order valence-corrected chi connectivity index (χ1v) is 5.55.